The summed E-state index contributed by atoms with van der Waals surface area (Å²) in [7, 11) is 0. The largest absolute Gasteiger partial charge is 0.372 e. The highest BCUT2D eigenvalue weighted by Gasteiger charge is 2.27. The summed E-state index contributed by atoms with van der Waals surface area (Å²) in [5.41, 5.74) is 5.85. The molecule has 5 heteroatoms. The normalized spacial score (nSPS) is 21.6. The quantitative estimate of drug-likeness (QED) is 0.795. The van der Waals surface area contributed by atoms with E-state index in [4.69, 9.17) is 10.5 Å². The molecule has 21 heavy (non-hydrogen) atoms. The Bertz CT molecular complexity index is 582. The van der Waals surface area contributed by atoms with Crippen LogP contribution in [0.4, 0.5) is 4.39 Å². The van der Waals surface area contributed by atoms with Crippen LogP contribution in [0.3, 0.4) is 0 Å². The Labute approximate surface area is 124 Å². The highest BCUT2D eigenvalue weighted by molar-refractivity contribution is 5.94. The maximum atomic E-state index is 14.1. The standard InChI is InChI=1S/C16H19FN2O2/c1-11-9-19(10-12(2)21-11)16(20)14-6-5-13(4-3-7-18)8-15(14)17/h5-6,8,11-12H,7,9-10,18H2,1-2H3. The van der Waals surface area contributed by atoms with Crippen LogP contribution in [0.2, 0.25) is 0 Å². The minimum absolute atomic E-state index is 0.0459. The predicted octanol–water partition coefficient (Wildman–Crippen LogP) is 1.39. The molecule has 112 valence electrons. The number of amides is 1. The van der Waals surface area contributed by atoms with Crippen molar-refractivity contribution in [1.29, 1.82) is 0 Å². The van der Waals surface area contributed by atoms with Crippen molar-refractivity contribution < 1.29 is 13.9 Å². The zero-order valence-electron chi connectivity index (χ0n) is 12.2. The van der Waals surface area contributed by atoms with Gasteiger partial charge in [-0.25, -0.2) is 4.39 Å². The van der Waals surface area contributed by atoms with Crippen LogP contribution in [0.25, 0.3) is 0 Å². The fourth-order valence-corrected chi connectivity index (χ4v) is 2.43. The minimum atomic E-state index is -0.560. The molecule has 1 amide bonds. The maximum Gasteiger partial charge on any atom is 0.257 e. The number of hydrogen-bond donors (Lipinski definition) is 1. The first-order chi connectivity index (χ1) is 10.0. The van der Waals surface area contributed by atoms with E-state index < -0.39 is 5.82 Å². The van der Waals surface area contributed by atoms with E-state index in [2.05, 4.69) is 11.8 Å². The number of halogens is 1. The molecule has 1 heterocycles. The van der Waals surface area contributed by atoms with Crippen molar-refractivity contribution in [2.24, 2.45) is 5.73 Å². The van der Waals surface area contributed by atoms with Crippen molar-refractivity contribution in [3.05, 3.63) is 35.1 Å². The molecule has 1 aromatic rings. The van der Waals surface area contributed by atoms with Crippen molar-refractivity contribution in [2.45, 2.75) is 26.1 Å². The highest BCUT2D eigenvalue weighted by Crippen LogP contribution is 2.17. The van der Waals surface area contributed by atoms with Crippen LogP contribution in [0.15, 0.2) is 18.2 Å². The Kier molecular flexibility index (Phi) is 4.94. The van der Waals surface area contributed by atoms with E-state index in [1.807, 2.05) is 13.8 Å². The van der Waals surface area contributed by atoms with E-state index in [1.54, 1.807) is 11.0 Å². The van der Waals surface area contributed by atoms with Crippen molar-refractivity contribution >= 4 is 5.91 Å². The van der Waals surface area contributed by atoms with Gasteiger partial charge in [0, 0.05) is 18.7 Å². The van der Waals surface area contributed by atoms with Gasteiger partial charge in [0.25, 0.3) is 5.91 Å². The fourth-order valence-electron chi connectivity index (χ4n) is 2.43. The van der Waals surface area contributed by atoms with Crippen molar-refractivity contribution in [3.63, 3.8) is 0 Å². The van der Waals surface area contributed by atoms with E-state index in [-0.39, 0.29) is 30.2 Å². The zero-order chi connectivity index (χ0) is 15.4. The average Bonchev–Trinajstić information content (AvgIpc) is 2.43. The van der Waals surface area contributed by atoms with Gasteiger partial charge in [0.15, 0.2) is 0 Å². The van der Waals surface area contributed by atoms with Crippen LogP contribution < -0.4 is 5.73 Å². The summed E-state index contributed by atoms with van der Waals surface area (Å²) < 4.78 is 19.7. The molecular weight excluding hydrogens is 271 g/mol. The molecule has 0 radical (unpaired) electrons. The topological polar surface area (TPSA) is 55.6 Å². The average molecular weight is 290 g/mol. The van der Waals surface area contributed by atoms with Gasteiger partial charge in [0.1, 0.15) is 5.82 Å². The summed E-state index contributed by atoms with van der Waals surface area (Å²) in [6.45, 7) is 4.95. The molecule has 4 nitrogen and oxygen atoms in total. The summed E-state index contributed by atoms with van der Waals surface area (Å²) in [5, 5.41) is 0. The summed E-state index contributed by atoms with van der Waals surface area (Å²) in [5.74, 6) is 4.53. The summed E-state index contributed by atoms with van der Waals surface area (Å²) >= 11 is 0. The molecule has 2 rings (SSSR count). The molecular formula is C16H19FN2O2. The van der Waals surface area contributed by atoms with Gasteiger partial charge in [-0.3, -0.25) is 4.79 Å². The number of carbonyl (C=O) groups excluding carboxylic acids is 1. The Morgan fingerprint density at radius 1 is 1.43 bits per heavy atom. The minimum Gasteiger partial charge on any atom is -0.372 e. The molecule has 0 aromatic heterocycles. The van der Waals surface area contributed by atoms with Gasteiger partial charge in [-0.15, -0.1) is 0 Å². The van der Waals surface area contributed by atoms with E-state index in [0.29, 0.717) is 18.7 Å². The van der Waals surface area contributed by atoms with Crippen LogP contribution >= 0.6 is 0 Å². The molecule has 2 N–H and O–H groups in total. The highest BCUT2D eigenvalue weighted by atomic mass is 19.1. The molecule has 0 aliphatic carbocycles. The smallest absolute Gasteiger partial charge is 0.257 e. The van der Waals surface area contributed by atoms with Gasteiger partial charge in [0.05, 0.1) is 24.3 Å². The number of morpholine rings is 1. The number of ether oxygens (including phenoxy) is 1. The van der Waals surface area contributed by atoms with Crippen LogP contribution in [0.5, 0.6) is 0 Å². The Hall–Kier alpha value is -1.90. The fraction of sp³-hybridized carbons (Fsp3) is 0.438. The Balaban J connectivity index is 2.19. The molecule has 0 bridgehead atoms. The first-order valence-electron chi connectivity index (χ1n) is 6.94. The summed E-state index contributed by atoms with van der Waals surface area (Å²) in [6.07, 6.45) is -0.0917. The van der Waals surface area contributed by atoms with Crippen LogP contribution in [0.1, 0.15) is 29.8 Å². The monoisotopic (exact) mass is 290 g/mol. The van der Waals surface area contributed by atoms with Gasteiger partial charge in [-0.05, 0) is 32.0 Å². The molecule has 0 saturated carbocycles. The third-order valence-electron chi connectivity index (χ3n) is 3.24. The first kappa shape index (κ1) is 15.5. The third-order valence-corrected chi connectivity index (χ3v) is 3.24. The lowest BCUT2D eigenvalue weighted by molar-refractivity contribution is -0.0587. The zero-order valence-corrected chi connectivity index (χ0v) is 12.2. The molecule has 1 saturated heterocycles. The van der Waals surface area contributed by atoms with Crippen molar-refractivity contribution in [1.82, 2.24) is 4.90 Å². The second-order valence-electron chi connectivity index (χ2n) is 5.17. The molecule has 1 aliphatic heterocycles. The molecule has 1 aliphatic rings. The number of carbonyl (C=O) groups is 1. The Morgan fingerprint density at radius 3 is 2.67 bits per heavy atom. The van der Waals surface area contributed by atoms with Crippen LogP contribution in [-0.2, 0) is 4.74 Å². The van der Waals surface area contributed by atoms with Crippen LogP contribution in [-0.4, -0.2) is 42.6 Å². The van der Waals surface area contributed by atoms with E-state index in [9.17, 15) is 9.18 Å². The van der Waals surface area contributed by atoms with Gasteiger partial charge in [0.2, 0.25) is 0 Å². The van der Waals surface area contributed by atoms with E-state index >= 15 is 0 Å². The molecule has 2 unspecified atom stereocenters. The number of rotatable bonds is 1. The summed E-state index contributed by atoms with van der Waals surface area (Å²) in [6, 6.07) is 4.37. The lowest BCUT2D eigenvalue weighted by Gasteiger charge is -2.35. The van der Waals surface area contributed by atoms with Gasteiger partial charge in [-0.1, -0.05) is 11.8 Å². The van der Waals surface area contributed by atoms with Crippen LogP contribution in [0, 0.1) is 17.7 Å². The molecule has 0 spiro atoms. The summed E-state index contributed by atoms with van der Waals surface area (Å²) in [4.78, 5) is 14.0. The van der Waals surface area contributed by atoms with Gasteiger partial charge >= 0.3 is 0 Å². The maximum absolute atomic E-state index is 14.1. The second-order valence-corrected chi connectivity index (χ2v) is 5.17. The molecule has 1 aromatic carbocycles. The first-order valence-corrected chi connectivity index (χ1v) is 6.94. The predicted molar refractivity (Wildman–Crippen MR) is 78.2 cm³/mol. The number of benzene rings is 1. The SMILES string of the molecule is CC1CN(C(=O)c2ccc(C#CCN)cc2F)CC(C)O1. The van der Waals surface area contributed by atoms with Crippen molar-refractivity contribution in [3.8, 4) is 11.8 Å². The lowest BCUT2D eigenvalue weighted by atomic mass is 10.1. The van der Waals surface area contributed by atoms with Gasteiger partial charge < -0.3 is 15.4 Å². The lowest BCUT2D eigenvalue weighted by Crippen LogP contribution is -2.48. The number of nitrogens with two attached hydrogens (primary N) is 1. The van der Waals surface area contributed by atoms with Gasteiger partial charge in [-0.2, -0.15) is 0 Å². The van der Waals surface area contributed by atoms with Crippen molar-refractivity contribution in [2.75, 3.05) is 19.6 Å². The molecule has 2 atom stereocenters. The number of nitrogens with zero attached hydrogens (tertiary/aromatic N) is 1. The number of hydrogen-bond acceptors (Lipinski definition) is 3. The van der Waals surface area contributed by atoms with E-state index in [0.717, 1.165) is 0 Å². The Morgan fingerprint density at radius 2 is 2.10 bits per heavy atom. The van der Waals surface area contributed by atoms with E-state index in [1.165, 1.54) is 12.1 Å². The third kappa shape index (κ3) is 3.81. The molecule has 1 fully saturated rings. The second kappa shape index (κ2) is 6.70.